The largest absolute Gasteiger partial charge is 0.361 e. The lowest BCUT2D eigenvalue weighted by molar-refractivity contribution is 0.620. The zero-order chi connectivity index (χ0) is 7.84. The lowest BCUT2D eigenvalue weighted by Gasteiger charge is -1.94. The lowest BCUT2D eigenvalue weighted by Crippen LogP contribution is -1.80. The molecule has 11 heavy (non-hydrogen) atoms. The number of hydrogen-bond donors (Lipinski definition) is 1. The van der Waals surface area contributed by atoms with Gasteiger partial charge in [-0.05, 0) is 30.7 Å². The van der Waals surface area contributed by atoms with Crippen LogP contribution in [0.4, 0.5) is 4.39 Å². The third kappa shape index (κ3) is 0.909. The summed E-state index contributed by atoms with van der Waals surface area (Å²) in [5.74, 6) is -0.142. The summed E-state index contributed by atoms with van der Waals surface area (Å²) < 4.78 is 12.9. The van der Waals surface area contributed by atoms with Gasteiger partial charge in [-0.25, -0.2) is 4.39 Å². The molecule has 0 unspecified atom stereocenters. The van der Waals surface area contributed by atoms with E-state index in [-0.39, 0.29) is 5.82 Å². The maximum atomic E-state index is 12.9. The number of benzene rings is 1. The van der Waals surface area contributed by atoms with E-state index in [0.717, 1.165) is 10.9 Å². The summed E-state index contributed by atoms with van der Waals surface area (Å²) in [6.45, 7) is 1.76. The van der Waals surface area contributed by atoms with Gasteiger partial charge < -0.3 is 4.98 Å². The van der Waals surface area contributed by atoms with Gasteiger partial charge in [-0.2, -0.15) is 0 Å². The summed E-state index contributed by atoms with van der Waals surface area (Å²) in [7, 11) is 0. The van der Waals surface area contributed by atoms with Crippen LogP contribution in [0, 0.1) is 12.7 Å². The minimum atomic E-state index is -0.142. The van der Waals surface area contributed by atoms with Gasteiger partial charge in [0.1, 0.15) is 5.82 Å². The normalized spacial score (nSPS) is 10.7. The predicted octanol–water partition coefficient (Wildman–Crippen LogP) is 2.62. The van der Waals surface area contributed by atoms with Crippen LogP contribution in [0.25, 0.3) is 10.9 Å². The van der Waals surface area contributed by atoms with Crippen molar-refractivity contribution < 1.29 is 4.39 Å². The fourth-order valence-corrected chi connectivity index (χ4v) is 1.18. The number of aromatic amines is 1. The second kappa shape index (κ2) is 2.09. The molecule has 56 valence electrons. The molecule has 0 saturated heterocycles. The summed E-state index contributed by atoms with van der Waals surface area (Å²) in [4.78, 5) is 3.02. The second-order valence-corrected chi connectivity index (χ2v) is 2.67. The van der Waals surface area contributed by atoms with Crippen LogP contribution in [0.5, 0.6) is 0 Å². The van der Waals surface area contributed by atoms with E-state index >= 15 is 0 Å². The Morgan fingerprint density at radius 1 is 1.36 bits per heavy atom. The zero-order valence-electron chi connectivity index (χ0n) is 6.19. The van der Waals surface area contributed by atoms with E-state index in [0.29, 0.717) is 5.56 Å². The fraction of sp³-hybridized carbons (Fsp3) is 0.111. The number of halogens is 1. The molecule has 1 heterocycles. The van der Waals surface area contributed by atoms with Crippen molar-refractivity contribution in [3.8, 4) is 0 Å². The van der Waals surface area contributed by atoms with Crippen molar-refractivity contribution in [3.63, 3.8) is 0 Å². The lowest BCUT2D eigenvalue weighted by atomic mass is 10.2. The maximum absolute atomic E-state index is 12.9. The molecule has 1 aromatic heterocycles. The summed E-state index contributed by atoms with van der Waals surface area (Å²) in [5, 5.41) is 0.924. The minimum Gasteiger partial charge on any atom is -0.361 e. The Labute approximate surface area is 63.9 Å². The smallest absolute Gasteiger partial charge is 0.126 e. The van der Waals surface area contributed by atoms with E-state index in [1.165, 1.54) is 0 Å². The van der Waals surface area contributed by atoms with Gasteiger partial charge in [0.25, 0.3) is 0 Å². The van der Waals surface area contributed by atoms with Crippen LogP contribution in [0.15, 0.2) is 24.4 Å². The number of H-pyrrole nitrogens is 1. The molecule has 0 aliphatic heterocycles. The highest BCUT2D eigenvalue weighted by Crippen LogP contribution is 2.16. The van der Waals surface area contributed by atoms with Gasteiger partial charge in [-0.15, -0.1) is 0 Å². The van der Waals surface area contributed by atoms with Crippen molar-refractivity contribution in [1.82, 2.24) is 4.98 Å². The van der Waals surface area contributed by atoms with Crippen LogP contribution in [-0.4, -0.2) is 4.98 Å². The van der Waals surface area contributed by atoms with Gasteiger partial charge in [-0.3, -0.25) is 0 Å². The average Bonchev–Trinajstić information content (AvgIpc) is 2.36. The van der Waals surface area contributed by atoms with E-state index in [2.05, 4.69) is 4.98 Å². The van der Waals surface area contributed by atoms with Crippen molar-refractivity contribution in [3.05, 3.63) is 35.8 Å². The van der Waals surface area contributed by atoms with Gasteiger partial charge in [0.05, 0.1) is 0 Å². The van der Waals surface area contributed by atoms with E-state index in [1.807, 2.05) is 18.3 Å². The summed E-state index contributed by atoms with van der Waals surface area (Å²) in [6.07, 6.45) is 1.81. The Kier molecular flexibility index (Phi) is 1.22. The van der Waals surface area contributed by atoms with Crippen molar-refractivity contribution in [2.45, 2.75) is 6.92 Å². The first-order valence-electron chi connectivity index (χ1n) is 3.50. The number of aryl methyl sites for hydroxylation is 1. The number of rotatable bonds is 0. The molecule has 0 aliphatic rings. The quantitative estimate of drug-likeness (QED) is 0.592. The second-order valence-electron chi connectivity index (χ2n) is 2.67. The van der Waals surface area contributed by atoms with Crippen LogP contribution >= 0.6 is 0 Å². The molecule has 0 aliphatic carbocycles. The van der Waals surface area contributed by atoms with Crippen LogP contribution in [0.1, 0.15) is 5.56 Å². The van der Waals surface area contributed by atoms with Crippen LogP contribution in [-0.2, 0) is 0 Å². The number of nitrogens with one attached hydrogen (secondary N) is 1. The Morgan fingerprint density at radius 3 is 3.00 bits per heavy atom. The third-order valence-corrected chi connectivity index (χ3v) is 1.83. The molecule has 2 rings (SSSR count). The number of fused-ring (bicyclic) bond motifs is 1. The Morgan fingerprint density at radius 2 is 2.18 bits per heavy atom. The summed E-state index contributed by atoms with van der Waals surface area (Å²) >= 11 is 0. The highest BCUT2D eigenvalue weighted by molar-refractivity contribution is 5.79. The first kappa shape index (κ1) is 6.40. The summed E-state index contributed by atoms with van der Waals surface area (Å²) in [5.41, 5.74) is 1.67. The average molecular weight is 149 g/mol. The first-order chi connectivity index (χ1) is 5.27. The number of hydrogen-bond acceptors (Lipinski definition) is 0. The monoisotopic (exact) mass is 149 g/mol. The van der Waals surface area contributed by atoms with Crippen LogP contribution in [0.3, 0.4) is 0 Å². The van der Waals surface area contributed by atoms with E-state index in [4.69, 9.17) is 0 Å². The highest BCUT2D eigenvalue weighted by Gasteiger charge is 1.99. The number of aromatic nitrogens is 1. The Hall–Kier alpha value is -1.31. The maximum Gasteiger partial charge on any atom is 0.126 e. The molecule has 1 nitrogen and oxygen atoms in total. The van der Waals surface area contributed by atoms with Crippen molar-refractivity contribution in [2.24, 2.45) is 0 Å². The van der Waals surface area contributed by atoms with E-state index < -0.39 is 0 Å². The van der Waals surface area contributed by atoms with E-state index in [1.54, 1.807) is 13.0 Å². The van der Waals surface area contributed by atoms with Gasteiger partial charge >= 0.3 is 0 Å². The van der Waals surface area contributed by atoms with Crippen LogP contribution in [0.2, 0.25) is 0 Å². The Bertz CT molecular complexity index is 353. The van der Waals surface area contributed by atoms with Gasteiger partial charge in [-0.1, -0.05) is 0 Å². The van der Waals surface area contributed by atoms with Crippen molar-refractivity contribution in [2.75, 3.05) is 0 Å². The zero-order valence-corrected chi connectivity index (χ0v) is 6.19. The standard InChI is InChI=1S/C9H8FN/c1-6-4-9-7(2-3-11-9)5-8(6)10/h2-5,11H,1H3. The molecule has 0 atom stereocenters. The SMILES string of the molecule is Cc1cc2[nH]ccc2cc1F. The molecular weight excluding hydrogens is 141 g/mol. The molecule has 1 aromatic carbocycles. The first-order valence-corrected chi connectivity index (χ1v) is 3.50. The highest BCUT2D eigenvalue weighted by atomic mass is 19.1. The molecule has 0 fully saturated rings. The van der Waals surface area contributed by atoms with E-state index in [9.17, 15) is 4.39 Å². The van der Waals surface area contributed by atoms with Gasteiger partial charge in [0, 0.05) is 17.1 Å². The molecule has 0 bridgehead atoms. The Balaban J connectivity index is 2.86. The molecule has 0 saturated carbocycles. The van der Waals surface area contributed by atoms with Gasteiger partial charge in [0.15, 0.2) is 0 Å². The van der Waals surface area contributed by atoms with Crippen LogP contribution < -0.4 is 0 Å². The molecule has 0 amide bonds. The molecule has 2 heteroatoms. The third-order valence-electron chi connectivity index (χ3n) is 1.83. The summed E-state index contributed by atoms with van der Waals surface area (Å²) in [6, 6.07) is 5.21. The van der Waals surface area contributed by atoms with Crippen molar-refractivity contribution in [1.29, 1.82) is 0 Å². The van der Waals surface area contributed by atoms with Crippen molar-refractivity contribution >= 4 is 10.9 Å². The topological polar surface area (TPSA) is 15.8 Å². The molecular formula is C9H8FN. The molecule has 0 spiro atoms. The predicted molar refractivity (Wildman–Crippen MR) is 43.0 cm³/mol. The molecule has 0 radical (unpaired) electrons. The van der Waals surface area contributed by atoms with Gasteiger partial charge in [0.2, 0.25) is 0 Å². The molecule has 2 aromatic rings. The minimum absolute atomic E-state index is 0.142. The fourth-order valence-electron chi connectivity index (χ4n) is 1.18. The molecule has 1 N–H and O–H groups in total.